The zero-order chi connectivity index (χ0) is 21.8. The average molecular weight is 460 g/mol. The van der Waals surface area contributed by atoms with Crippen molar-refractivity contribution in [3.8, 4) is 10.7 Å². The van der Waals surface area contributed by atoms with Crippen molar-refractivity contribution in [1.29, 1.82) is 0 Å². The number of urea groups is 1. The number of aromatic nitrogens is 3. The van der Waals surface area contributed by atoms with Crippen LogP contribution in [0.4, 0.5) is 4.79 Å². The second-order valence-corrected chi connectivity index (χ2v) is 9.02. The highest BCUT2D eigenvalue weighted by atomic mass is 32.1. The number of rotatable bonds is 7. The Morgan fingerprint density at radius 1 is 0.938 bits per heavy atom. The number of hydrogen-bond acceptors (Lipinski definition) is 5. The van der Waals surface area contributed by atoms with Crippen molar-refractivity contribution in [1.82, 2.24) is 25.2 Å². The van der Waals surface area contributed by atoms with Crippen LogP contribution in [-0.4, -0.2) is 27.2 Å². The largest absolute Gasteiger partial charge is 0.338 e. The number of thiophene rings is 1. The Labute approximate surface area is 193 Å². The minimum atomic E-state index is -0.214. The molecule has 2 N–H and O–H groups in total. The summed E-state index contributed by atoms with van der Waals surface area (Å²) >= 11 is 3.19. The minimum Gasteiger partial charge on any atom is -0.338 e. The second-order valence-electron chi connectivity index (χ2n) is 7.24. The topological polar surface area (TPSA) is 71.3 Å². The van der Waals surface area contributed by atoms with Crippen LogP contribution in [0.1, 0.15) is 22.9 Å². The Balaban J connectivity index is 1.23. The molecule has 0 saturated heterocycles. The van der Waals surface area contributed by atoms with E-state index >= 15 is 0 Å². The van der Waals surface area contributed by atoms with Crippen LogP contribution in [0, 0.1) is 0 Å². The molecule has 0 fully saturated rings. The summed E-state index contributed by atoms with van der Waals surface area (Å²) in [6, 6.07) is 23.6. The molecule has 8 heteroatoms. The fraction of sp³-hybridized carbons (Fsp3) is 0.125. The van der Waals surface area contributed by atoms with Crippen LogP contribution in [0.3, 0.4) is 0 Å². The fourth-order valence-electron chi connectivity index (χ4n) is 3.54. The number of amides is 2. The third kappa shape index (κ3) is 4.42. The highest BCUT2D eigenvalue weighted by Crippen LogP contribution is 2.24. The number of carbonyl (C=O) groups is 1. The first-order valence-electron chi connectivity index (χ1n) is 10.3. The van der Waals surface area contributed by atoms with Crippen molar-refractivity contribution in [2.75, 3.05) is 6.54 Å². The lowest BCUT2D eigenvalue weighted by molar-refractivity contribution is 0.239. The Morgan fingerprint density at radius 2 is 1.66 bits per heavy atom. The van der Waals surface area contributed by atoms with Gasteiger partial charge >= 0.3 is 6.03 Å². The maximum atomic E-state index is 12.7. The quantitative estimate of drug-likeness (QED) is 0.354. The van der Waals surface area contributed by atoms with Crippen LogP contribution in [0.2, 0.25) is 0 Å². The van der Waals surface area contributed by atoms with Crippen molar-refractivity contribution in [2.45, 2.75) is 12.5 Å². The van der Waals surface area contributed by atoms with E-state index in [0.29, 0.717) is 13.0 Å². The third-order valence-corrected chi connectivity index (χ3v) is 6.83. The molecule has 0 aliphatic heterocycles. The number of carbonyl (C=O) groups excluding carboxylic acids is 1. The van der Waals surface area contributed by atoms with Crippen molar-refractivity contribution in [3.05, 3.63) is 100 Å². The van der Waals surface area contributed by atoms with Gasteiger partial charge in [0.1, 0.15) is 0 Å². The van der Waals surface area contributed by atoms with E-state index in [2.05, 4.69) is 20.7 Å². The van der Waals surface area contributed by atoms with Crippen molar-refractivity contribution >= 4 is 33.7 Å². The molecule has 0 unspecified atom stereocenters. The monoisotopic (exact) mass is 459 g/mol. The van der Waals surface area contributed by atoms with Gasteiger partial charge in [0.2, 0.25) is 4.96 Å². The summed E-state index contributed by atoms with van der Waals surface area (Å²) in [7, 11) is 0. The summed E-state index contributed by atoms with van der Waals surface area (Å²) < 4.78 is 1.87. The number of nitrogens with one attached hydrogen (secondary N) is 2. The molecule has 0 spiro atoms. The van der Waals surface area contributed by atoms with Gasteiger partial charge in [-0.05, 0) is 22.6 Å². The second kappa shape index (κ2) is 9.33. The standard InChI is InChI=1S/C24H21N5OS2/c30-23(26-21(17-8-3-1-4-9-17)18-10-5-2-6-11-18)25-14-13-19-16-32-24-27-22(28-29(19)24)20-12-7-15-31-20/h1-12,15-16,21H,13-14H2,(H2,25,26,30). The first-order valence-corrected chi connectivity index (χ1v) is 12.0. The number of hydrogen-bond donors (Lipinski definition) is 2. The number of benzene rings is 2. The lowest BCUT2D eigenvalue weighted by Gasteiger charge is -2.20. The van der Waals surface area contributed by atoms with Crippen LogP contribution in [-0.2, 0) is 6.42 Å². The van der Waals surface area contributed by atoms with E-state index in [-0.39, 0.29) is 12.1 Å². The van der Waals surface area contributed by atoms with Gasteiger partial charge in [-0.15, -0.1) is 27.8 Å². The molecule has 0 bridgehead atoms. The molecule has 160 valence electrons. The predicted molar refractivity (Wildman–Crippen MR) is 129 cm³/mol. The highest BCUT2D eigenvalue weighted by molar-refractivity contribution is 7.15. The Hall–Kier alpha value is -3.49. The molecule has 5 aromatic rings. The highest BCUT2D eigenvalue weighted by Gasteiger charge is 2.17. The van der Waals surface area contributed by atoms with E-state index in [1.165, 1.54) is 0 Å². The van der Waals surface area contributed by atoms with Crippen molar-refractivity contribution in [3.63, 3.8) is 0 Å². The molecule has 5 rings (SSSR count). The molecule has 6 nitrogen and oxygen atoms in total. The molecule has 3 aromatic heterocycles. The van der Waals surface area contributed by atoms with E-state index in [4.69, 9.17) is 0 Å². The summed E-state index contributed by atoms with van der Waals surface area (Å²) in [6.07, 6.45) is 0.669. The Kier molecular flexibility index (Phi) is 5.96. The summed E-state index contributed by atoms with van der Waals surface area (Å²) in [5, 5.41) is 14.8. The molecule has 32 heavy (non-hydrogen) atoms. The third-order valence-electron chi connectivity index (χ3n) is 5.10. The van der Waals surface area contributed by atoms with Crippen LogP contribution >= 0.6 is 22.7 Å². The van der Waals surface area contributed by atoms with Gasteiger partial charge in [-0.2, -0.15) is 4.98 Å². The van der Waals surface area contributed by atoms with Gasteiger partial charge in [-0.25, -0.2) is 9.31 Å². The molecule has 0 saturated carbocycles. The maximum absolute atomic E-state index is 12.7. The smallest absolute Gasteiger partial charge is 0.315 e. The van der Waals surface area contributed by atoms with Gasteiger partial charge in [-0.1, -0.05) is 66.7 Å². The molecular formula is C24H21N5OS2. The van der Waals surface area contributed by atoms with E-state index in [0.717, 1.165) is 32.5 Å². The molecule has 0 aliphatic carbocycles. The van der Waals surface area contributed by atoms with Crippen LogP contribution in [0.5, 0.6) is 0 Å². The molecule has 0 radical (unpaired) electrons. The number of thiazole rings is 1. The number of nitrogens with zero attached hydrogens (tertiary/aromatic N) is 3. The normalized spacial score (nSPS) is 11.2. The zero-order valence-corrected chi connectivity index (χ0v) is 18.8. The molecule has 2 amide bonds. The summed E-state index contributed by atoms with van der Waals surface area (Å²) in [5.74, 6) is 0.743. The van der Waals surface area contributed by atoms with E-state index in [1.54, 1.807) is 22.7 Å². The predicted octanol–water partition coefficient (Wildman–Crippen LogP) is 5.15. The van der Waals surface area contributed by atoms with E-state index in [9.17, 15) is 4.79 Å². The van der Waals surface area contributed by atoms with Gasteiger partial charge in [0.05, 0.1) is 16.6 Å². The molecule has 0 aliphatic rings. The van der Waals surface area contributed by atoms with Gasteiger partial charge in [0.15, 0.2) is 5.82 Å². The number of fused-ring (bicyclic) bond motifs is 1. The van der Waals surface area contributed by atoms with Gasteiger partial charge in [-0.3, -0.25) is 0 Å². The fourth-order valence-corrected chi connectivity index (χ4v) is 5.05. The van der Waals surface area contributed by atoms with E-state index in [1.807, 2.05) is 88.1 Å². The Morgan fingerprint density at radius 3 is 2.31 bits per heavy atom. The van der Waals surface area contributed by atoms with Crippen LogP contribution in [0.25, 0.3) is 15.7 Å². The first-order chi connectivity index (χ1) is 15.8. The molecule has 3 heterocycles. The SMILES string of the molecule is O=C(NCCc1csc2nc(-c3cccs3)nn12)NC(c1ccccc1)c1ccccc1. The molecular weight excluding hydrogens is 438 g/mol. The molecule has 0 atom stereocenters. The van der Waals surface area contributed by atoms with Crippen molar-refractivity contribution < 1.29 is 4.79 Å². The van der Waals surface area contributed by atoms with Crippen molar-refractivity contribution in [2.24, 2.45) is 0 Å². The van der Waals surface area contributed by atoms with Gasteiger partial charge in [0, 0.05) is 18.3 Å². The average Bonchev–Trinajstić information content (AvgIpc) is 3.57. The van der Waals surface area contributed by atoms with Crippen LogP contribution < -0.4 is 10.6 Å². The zero-order valence-electron chi connectivity index (χ0n) is 17.1. The summed E-state index contributed by atoms with van der Waals surface area (Å²) in [6.45, 7) is 0.502. The lowest BCUT2D eigenvalue weighted by Crippen LogP contribution is -2.39. The first kappa shape index (κ1) is 20.4. The Bertz CT molecular complexity index is 1260. The van der Waals surface area contributed by atoms with Gasteiger partial charge < -0.3 is 10.6 Å². The lowest BCUT2D eigenvalue weighted by atomic mass is 9.99. The summed E-state index contributed by atoms with van der Waals surface area (Å²) in [4.78, 5) is 19.2. The van der Waals surface area contributed by atoms with Crippen LogP contribution in [0.15, 0.2) is 83.6 Å². The van der Waals surface area contributed by atoms with Gasteiger partial charge in [0.25, 0.3) is 0 Å². The molecule has 2 aromatic carbocycles. The summed E-state index contributed by atoms with van der Waals surface area (Å²) in [5.41, 5.74) is 3.11. The minimum absolute atomic E-state index is 0.202. The maximum Gasteiger partial charge on any atom is 0.315 e. The van der Waals surface area contributed by atoms with E-state index < -0.39 is 0 Å².